The van der Waals surface area contributed by atoms with Crippen molar-refractivity contribution in [3.63, 3.8) is 0 Å². The quantitative estimate of drug-likeness (QED) is 0.833. The maximum Gasteiger partial charge on any atom is 0.251 e. The van der Waals surface area contributed by atoms with Crippen molar-refractivity contribution in [2.45, 2.75) is 25.8 Å². The van der Waals surface area contributed by atoms with Gasteiger partial charge in [-0.2, -0.15) is 5.26 Å². The molecule has 1 saturated heterocycles. The van der Waals surface area contributed by atoms with Gasteiger partial charge in [0.25, 0.3) is 5.91 Å². The molecule has 6 nitrogen and oxygen atoms in total. The number of piperidine rings is 1. The van der Waals surface area contributed by atoms with Gasteiger partial charge in [0.05, 0.1) is 12.1 Å². The van der Waals surface area contributed by atoms with E-state index in [1.165, 1.54) is 11.3 Å². The summed E-state index contributed by atoms with van der Waals surface area (Å²) >= 11 is 1.35. The van der Waals surface area contributed by atoms with Crippen LogP contribution >= 0.6 is 11.3 Å². The minimum Gasteiger partial charge on any atom is -0.349 e. The highest BCUT2D eigenvalue weighted by molar-refractivity contribution is 7.14. The van der Waals surface area contributed by atoms with Gasteiger partial charge in [-0.05, 0) is 42.8 Å². The van der Waals surface area contributed by atoms with Gasteiger partial charge in [-0.3, -0.25) is 14.5 Å². The monoisotopic (exact) mass is 382 g/mol. The van der Waals surface area contributed by atoms with Crippen molar-refractivity contribution >= 4 is 28.2 Å². The minimum atomic E-state index is -0.114. The molecule has 0 radical (unpaired) electrons. The fraction of sp³-hybridized carbons (Fsp3) is 0.350. The first-order valence-electron chi connectivity index (χ1n) is 8.93. The highest BCUT2D eigenvalue weighted by Gasteiger charge is 2.23. The molecule has 27 heavy (non-hydrogen) atoms. The van der Waals surface area contributed by atoms with Crippen LogP contribution < -0.4 is 10.6 Å². The van der Waals surface area contributed by atoms with Gasteiger partial charge in [0.15, 0.2) is 0 Å². The predicted octanol–water partition coefficient (Wildman–Crippen LogP) is 2.76. The summed E-state index contributed by atoms with van der Waals surface area (Å²) in [6.45, 7) is 3.73. The van der Waals surface area contributed by atoms with Gasteiger partial charge in [0.1, 0.15) is 11.1 Å². The number of carbonyl (C=O) groups excluding carboxylic acids is 2. The molecule has 2 N–H and O–H groups in total. The minimum absolute atomic E-state index is 0.0361. The Morgan fingerprint density at radius 3 is 2.70 bits per heavy atom. The van der Waals surface area contributed by atoms with Crippen LogP contribution in [0.3, 0.4) is 0 Å². The Balaban J connectivity index is 1.45. The third-order valence-corrected chi connectivity index (χ3v) is 5.55. The summed E-state index contributed by atoms with van der Waals surface area (Å²) in [4.78, 5) is 26.7. The van der Waals surface area contributed by atoms with Crippen molar-refractivity contribution in [2.75, 3.05) is 25.0 Å². The third kappa shape index (κ3) is 4.94. The number of nitrogens with one attached hydrogen (secondary N) is 2. The Bertz CT molecular complexity index is 863. The number of amides is 2. The topological polar surface area (TPSA) is 85.2 Å². The van der Waals surface area contributed by atoms with Crippen LogP contribution in [0.1, 0.15) is 34.3 Å². The molecule has 0 bridgehead atoms. The second-order valence-corrected chi connectivity index (χ2v) is 7.58. The second-order valence-electron chi connectivity index (χ2n) is 6.66. The molecule has 0 spiro atoms. The van der Waals surface area contributed by atoms with Crippen molar-refractivity contribution in [1.82, 2.24) is 10.2 Å². The van der Waals surface area contributed by atoms with Crippen molar-refractivity contribution in [1.29, 1.82) is 5.26 Å². The molecule has 1 aromatic carbocycles. The summed E-state index contributed by atoms with van der Waals surface area (Å²) in [5, 5.41) is 17.3. The summed E-state index contributed by atoms with van der Waals surface area (Å²) < 4.78 is 0. The van der Waals surface area contributed by atoms with Crippen molar-refractivity contribution < 1.29 is 9.59 Å². The van der Waals surface area contributed by atoms with E-state index < -0.39 is 0 Å². The largest absolute Gasteiger partial charge is 0.349 e. The van der Waals surface area contributed by atoms with Crippen LogP contribution in [0.15, 0.2) is 35.7 Å². The second kappa shape index (κ2) is 8.80. The first-order valence-corrected chi connectivity index (χ1v) is 9.81. The lowest BCUT2D eigenvalue weighted by atomic mass is 10.0. The molecular weight excluding hydrogens is 360 g/mol. The van der Waals surface area contributed by atoms with Crippen molar-refractivity contribution in [2.24, 2.45) is 0 Å². The Morgan fingerprint density at radius 2 is 2.00 bits per heavy atom. The summed E-state index contributed by atoms with van der Waals surface area (Å²) in [5.74, 6) is -0.151. The van der Waals surface area contributed by atoms with E-state index in [2.05, 4.69) is 21.6 Å². The Morgan fingerprint density at radius 1 is 1.26 bits per heavy atom. The Hall–Kier alpha value is -2.69. The number of likely N-dealkylation sites (tertiary alicyclic amines) is 1. The normalized spacial score (nSPS) is 15.1. The molecular formula is C20H22N4O2S. The maximum atomic E-state index is 12.4. The Kier molecular flexibility index (Phi) is 6.22. The molecule has 0 aliphatic carbocycles. The zero-order valence-electron chi connectivity index (χ0n) is 15.2. The lowest BCUT2D eigenvalue weighted by Gasteiger charge is -2.31. The van der Waals surface area contributed by atoms with E-state index in [0.29, 0.717) is 22.7 Å². The van der Waals surface area contributed by atoms with Crippen LogP contribution in [-0.4, -0.2) is 42.4 Å². The van der Waals surface area contributed by atoms with E-state index in [4.69, 9.17) is 5.26 Å². The molecule has 2 aromatic rings. The summed E-state index contributed by atoms with van der Waals surface area (Å²) in [6, 6.07) is 11.5. The number of hydrogen-bond acceptors (Lipinski definition) is 5. The molecule has 0 unspecified atom stereocenters. The number of nitriles is 1. The van der Waals surface area contributed by atoms with Gasteiger partial charge in [0.2, 0.25) is 5.91 Å². The number of nitrogens with zero attached hydrogens (tertiary/aromatic N) is 2. The number of anilines is 1. The van der Waals surface area contributed by atoms with Crippen LogP contribution in [-0.2, 0) is 4.79 Å². The molecule has 3 rings (SSSR count). The van der Waals surface area contributed by atoms with E-state index in [9.17, 15) is 9.59 Å². The zero-order valence-corrected chi connectivity index (χ0v) is 16.0. The number of thiophene rings is 1. The van der Waals surface area contributed by atoms with Crippen LogP contribution in [0.5, 0.6) is 0 Å². The van der Waals surface area contributed by atoms with Gasteiger partial charge in [0, 0.05) is 24.7 Å². The Labute approximate surface area is 162 Å². The number of carbonyl (C=O) groups is 2. The molecule has 0 saturated carbocycles. The average Bonchev–Trinajstić information content (AvgIpc) is 3.10. The predicted molar refractivity (Wildman–Crippen MR) is 106 cm³/mol. The molecule has 1 aliphatic heterocycles. The first-order chi connectivity index (χ1) is 13.1. The zero-order chi connectivity index (χ0) is 19.2. The molecule has 2 heterocycles. The number of aryl methyl sites for hydroxylation is 1. The maximum absolute atomic E-state index is 12.4. The SMILES string of the molecule is Cc1ccccc1C(=O)NC1CCN(CC(=O)Nc2sccc2C#N)CC1. The first kappa shape index (κ1) is 19.1. The summed E-state index contributed by atoms with van der Waals surface area (Å²) in [5.41, 5.74) is 2.17. The summed E-state index contributed by atoms with van der Waals surface area (Å²) in [6.07, 6.45) is 1.63. The van der Waals surface area contributed by atoms with Gasteiger partial charge in [-0.15, -0.1) is 11.3 Å². The molecule has 140 valence electrons. The number of rotatable bonds is 5. The molecule has 7 heteroatoms. The highest BCUT2D eigenvalue weighted by atomic mass is 32.1. The molecule has 0 atom stereocenters. The average molecular weight is 382 g/mol. The molecule has 1 aromatic heterocycles. The van der Waals surface area contributed by atoms with Gasteiger partial charge < -0.3 is 10.6 Å². The van der Waals surface area contributed by atoms with Crippen molar-refractivity contribution in [3.05, 3.63) is 52.4 Å². The molecule has 1 aliphatic rings. The van der Waals surface area contributed by atoms with Crippen LogP contribution in [0, 0.1) is 18.3 Å². The third-order valence-electron chi connectivity index (χ3n) is 4.72. The van der Waals surface area contributed by atoms with Gasteiger partial charge >= 0.3 is 0 Å². The van der Waals surface area contributed by atoms with Crippen molar-refractivity contribution in [3.8, 4) is 6.07 Å². The molecule has 1 fully saturated rings. The standard InChI is InChI=1S/C20H22N4O2S/c1-14-4-2-3-5-17(14)19(26)22-16-6-9-24(10-7-16)13-18(25)23-20-15(12-21)8-11-27-20/h2-5,8,11,16H,6-7,9-10,13H2,1H3,(H,22,26)(H,23,25). The fourth-order valence-corrected chi connectivity index (χ4v) is 3.94. The van der Waals surface area contributed by atoms with E-state index in [1.54, 1.807) is 11.4 Å². The fourth-order valence-electron chi connectivity index (χ4n) is 3.19. The van der Waals surface area contributed by atoms with Crippen LogP contribution in [0.2, 0.25) is 0 Å². The lowest BCUT2D eigenvalue weighted by Crippen LogP contribution is -2.46. The van der Waals surface area contributed by atoms with E-state index in [0.717, 1.165) is 31.5 Å². The van der Waals surface area contributed by atoms with Gasteiger partial charge in [-0.1, -0.05) is 18.2 Å². The molecule has 2 amide bonds. The van der Waals surface area contributed by atoms with Crippen LogP contribution in [0.25, 0.3) is 0 Å². The number of hydrogen-bond donors (Lipinski definition) is 2. The van der Waals surface area contributed by atoms with Crippen LogP contribution in [0.4, 0.5) is 5.00 Å². The van der Waals surface area contributed by atoms with E-state index in [1.807, 2.05) is 31.2 Å². The van der Waals surface area contributed by atoms with E-state index in [-0.39, 0.29) is 17.9 Å². The van der Waals surface area contributed by atoms with E-state index >= 15 is 0 Å². The van der Waals surface area contributed by atoms with Gasteiger partial charge in [-0.25, -0.2) is 0 Å². The number of benzene rings is 1. The summed E-state index contributed by atoms with van der Waals surface area (Å²) in [7, 11) is 0. The highest BCUT2D eigenvalue weighted by Crippen LogP contribution is 2.22. The smallest absolute Gasteiger partial charge is 0.251 e. The lowest BCUT2D eigenvalue weighted by molar-refractivity contribution is -0.117.